The molecule has 0 bridgehead atoms. The highest BCUT2D eigenvalue weighted by atomic mass is 32.1. The van der Waals surface area contributed by atoms with Crippen molar-refractivity contribution in [1.29, 1.82) is 0 Å². The van der Waals surface area contributed by atoms with Gasteiger partial charge >= 0.3 is 0 Å². The molecule has 2 aromatic heterocycles. The van der Waals surface area contributed by atoms with Crippen LogP contribution in [0.1, 0.15) is 22.4 Å². The maximum atomic E-state index is 13.1. The van der Waals surface area contributed by atoms with Gasteiger partial charge in [0, 0.05) is 4.88 Å². The van der Waals surface area contributed by atoms with Gasteiger partial charge in [-0.2, -0.15) is 0 Å². The number of anilines is 1. The molecule has 3 N–H and O–H groups in total. The first-order valence-corrected chi connectivity index (χ1v) is 8.11. The minimum atomic E-state index is -0.0389. The van der Waals surface area contributed by atoms with Gasteiger partial charge < -0.3 is 0 Å². The van der Waals surface area contributed by atoms with Crippen LogP contribution in [0.5, 0.6) is 0 Å². The lowest BCUT2D eigenvalue weighted by Crippen LogP contribution is -2.26. The molecule has 5 nitrogen and oxygen atoms in total. The van der Waals surface area contributed by atoms with Gasteiger partial charge in [-0.15, -0.1) is 11.3 Å². The number of hydrazine groups is 1. The third-order valence-electron chi connectivity index (χ3n) is 4.13. The zero-order chi connectivity index (χ0) is 15.3. The number of fused-ring (bicyclic) bond motifs is 3. The SMILES string of the molecule is Cc1cccc(-n2c(NN)nc3sc4c(c3c2=O)CCC4)c1. The van der Waals surface area contributed by atoms with Crippen molar-refractivity contribution in [2.24, 2.45) is 5.84 Å². The van der Waals surface area contributed by atoms with Crippen LogP contribution in [0.4, 0.5) is 5.95 Å². The summed E-state index contributed by atoms with van der Waals surface area (Å²) in [6, 6.07) is 7.79. The predicted octanol–water partition coefficient (Wildman–Crippen LogP) is 2.53. The quantitative estimate of drug-likeness (QED) is 0.563. The summed E-state index contributed by atoms with van der Waals surface area (Å²) in [5, 5.41) is 0.762. The molecule has 4 rings (SSSR count). The van der Waals surface area contributed by atoms with E-state index in [1.165, 1.54) is 10.4 Å². The summed E-state index contributed by atoms with van der Waals surface area (Å²) in [4.78, 5) is 19.7. The first-order chi connectivity index (χ1) is 10.7. The Bertz CT molecular complexity index is 941. The minimum Gasteiger partial charge on any atom is -0.293 e. The second-order valence-corrected chi connectivity index (χ2v) is 6.68. The van der Waals surface area contributed by atoms with Crippen LogP contribution in [0.2, 0.25) is 0 Å². The van der Waals surface area contributed by atoms with Crippen molar-refractivity contribution in [3.05, 3.63) is 50.6 Å². The molecule has 0 fully saturated rings. The fourth-order valence-electron chi connectivity index (χ4n) is 3.15. The first kappa shape index (κ1) is 13.5. The number of nitrogen functional groups attached to an aromatic ring is 1. The number of nitrogens with one attached hydrogen (secondary N) is 1. The van der Waals surface area contributed by atoms with Gasteiger partial charge in [-0.05, 0) is 49.4 Å². The van der Waals surface area contributed by atoms with Crippen molar-refractivity contribution in [2.45, 2.75) is 26.2 Å². The van der Waals surface area contributed by atoms with E-state index in [1.807, 2.05) is 31.2 Å². The standard InChI is InChI=1S/C16H16N4OS/c1-9-4-2-5-10(8-9)20-15(21)13-11-6-3-7-12(11)22-14(13)18-16(20)19-17/h2,4-5,8H,3,6-7,17H2,1H3,(H,18,19). The van der Waals surface area contributed by atoms with Crippen LogP contribution >= 0.6 is 11.3 Å². The molecule has 1 aliphatic rings. The summed E-state index contributed by atoms with van der Waals surface area (Å²) in [6.45, 7) is 2.00. The third-order valence-corrected chi connectivity index (χ3v) is 5.31. The fourth-order valence-corrected chi connectivity index (χ4v) is 4.40. The van der Waals surface area contributed by atoms with E-state index in [-0.39, 0.29) is 5.56 Å². The van der Waals surface area contributed by atoms with Crippen LogP contribution in [0.25, 0.3) is 15.9 Å². The average molecular weight is 312 g/mol. The second-order valence-electron chi connectivity index (χ2n) is 5.60. The molecule has 3 aromatic rings. The van der Waals surface area contributed by atoms with Gasteiger partial charge in [0.05, 0.1) is 11.1 Å². The van der Waals surface area contributed by atoms with Gasteiger partial charge in [-0.25, -0.2) is 15.4 Å². The molecular weight excluding hydrogens is 296 g/mol. The molecule has 22 heavy (non-hydrogen) atoms. The van der Waals surface area contributed by atoms with Crippen LogP contribution in [-0.2, 0) is 12.8 Å². The van der Waals surface area contributed by atoms with Crippen LogP contribution in [0, 0.1) is 6.92 Å². The van der Waals surface area contributed by atoms with E-state index < -0.39 is 0 Å². The van der Waals surface area contributed by atoms with Crippen LogP contribution in [-0.4, -0.2) is 9.55 Å². The van der Waals surface area contributed by atoms with Gasteiger partial charge in [-0.1, -0.05) is 12.1 Å². The number of nitrogens with zero attached hydrogens (tertiary/aromatic N) is 2. The van der Waals surface area contributed by atoms with Crippen molar-refractivity contribution in [1.82, 2.24) is 9.55 Å². The monoisotopic (exact) mass is 312 g/mol. The molecule has 0 saturated carbocycles. The van der Waals surface area contributed by atoms with Crippen molar-refractivity contribution >= 4 is 27.5 Å². The molecule has 2 heterocycles. The number of hydrogen-bond acceptors (Lipinski definition) is 5. The number of thiophene rings is 1. The van der Waals surface area contributed by atoms with Crippen LogP contribution in [0.3, 0.4) is 0 Å². The van der Waals surface area contributed by atoms with E-state index in [2.05, 4.69) is 10.4 Å². The maximum Gasteiger partial charge on any atom is 0.268 e. The summed E-state index contributed by atoms with van der Waals surface area (Å²) in [5.74, 6) is 5.99. The summed E-state index contributed by atoms with van der Waals surface area (Å²) >= 11 is 1.62. The van der Waals surface area contributed by atoms with Crippen LogP contribution < -0.4 is 16.8 Å². The van der Waals surface area contributed by atoms with Gasteiger partial charge in [0.15, 0.2) is 0 Å². The second kappa shape index (κ2) is 4.93. The Morgan fingerprint density at radius 2 is 2.23 bits per heavy atom. The highest BCUT2D eigenvalue weighted by Gasteiger charge is 2.23. The van der Waals surface area contributed by atoms with Crippen molar-refractivity contribution < 1.29 is 0 Å². The molecule has 112 valence electrons. The van der Waals surface area contributed by atoms with Crippen LogP contribution in [0.15, 0.2) is 29.1 Å². The number of aryl methyl sites for hydroxylation is 3. The van der Waals surface area contributed by atoms with Gasteiger partial charge in [0.25, 0.3) is 5.56 Å². The largest absolute Gasteiger partial charge is 0.293 e. The molecule has 0 atom stereocenters. The number of benzene rings is 1. The minimum absolute atomic E-state index is 0.0389. The molecular formula is C16H16N4OS. The Balaban J connectivity index is 2.09. The van der Waals surface area contributed by atoms with Crippen molar-refractivity contribution in [2.75, 3.05) is 5.43 Å². The van der Waals surface area contributed by atoms with E-state index in [4.69, 9.17) is 5.84 Å². The lowest BCUT2D eigenvalue weighted by Gasteiger charge is -2.12. The number of rotatable bonds is 2. The van der Waals surface area contributed by atoms with E-state index in [0.717, 1.165) is 40.7 Å². The Kier molecular flexibility index (Phi) is 3.02. The smallest absolute Gasteiger partial charge is 0.268 e. The number of aromatic nitrogens is 2. The van der Waals surface area contributed by atoms with E-state index in [0.29, 0.717) is 5.95 Å². The summed E-state index contributed by atoms with van der Waals surface area (Å²) < 4.78 is 1.57. The number of nitrogens with two attached hydrogens (primary N) is 1. The highest BCUT2D eigenvalue weighted by Crippen LogP contribution is 2.35. The molecule has 0 spiro atoms. The normalized spacial score (nSPS) is 13.5. The third kappa shape index (κ3) is 1.88. The molecule has 0 saturated heterocycles. The summed E-state index contributed by atoms with van der Waals surface area (Å²) in [5.41, 5.74) is 5.58. The lowest BCUT2D eigenvalue weighted by atomic mass is 10.2. The van der Waals surface area contributed by atoms with E-state index in [9.17, 15) is 4.79 Å². The summed E-state index contributed by atoms with van der Waals surface area (Å²) in [6.07, 6.45) is 3.14. The van der Waals surface area contributed by atoms with Gasteiger partial charge in [0.2, 0.25) is 5.95 Å². The molecule has 0 aliphatic heterocycles. The zero-order valence-electron chi connectivity index (χ0n) is 12.2. The fraction of sp³-hybridized carbons (Fsp3) is 0.250. The van der Waals surface area contributed by atoms with E-state index in [1.54, 1.807) is 15.9 Å². The molecule has 0 unspecified atom stereocenters. The predicted molar refractivity (Wildman–Crippen MR) is 89.8 cm³/mol. The zero-order valence-corrected chi connectivity index (χ0v) is 13.0. The molecule has 0 amide bonds. The average Bonchev–Trinajstić information content (AvgIpc) is 3.06. The topological polar surface area (TPSA) is 72.9 Å². The van der Waals surface area contributed by atoms with Crippen molar-refractivity contribution in [3.63, 3.8) is 0 Å². The maximum absolute atomic E-state index is 13.1. The van der Waals surface area contributed by atoms with Crippen molar-refractivity contribution in [3.8, 4) is 5.69 Å². The first-order valence-electron chi connectivity index (χ1n) is 7.30. The lowest BCUT2D eigenvalue weighted by molar-refractivity contribution is 0.912. The Morgan fingerprint density at radius 3 is 3.00 bits per heavy atom. The molecule has 6 heteroatoms. The van der Waals surface area contributed by atoms with Gasteiger partial charge in [-0.3, -0.25) is 10.2 Å². The Hall–Kier alpha value is -2.18. The van der Waals surface area contributed by atoms with E-state index >= 15 is 0 Å². The highest BCUT2D eigenvalue weighted by molar-refractivity contribution is 7.18. The summed E-state index contributed by atoms with van der Waals surface area (Å²) in [7, 11) is 0. The number of hydrogen-bond donors (Lipinski definition) is 2. The molecule has 0 radical (unpaired) electrons. The molecule has 1 aromatic carbocycles. The van der Waals surface area contributed by atoms with Gasteiger partial charge in [0.1, 0.15) is 4.83 Å². The Labute approximate surface area is 131 Å². The molecule has 1 aliphatic carbocycles. The Morgan fingerprint density at radius 1 is 1.36 bits per heavy atom.